The SMILES string of the molecule is Cc1cc(C)c(S(=O)(=O)O[C@H]2[C@H]3O[C@H]4[C@H](O)[C@@H](O)[C@@H](O[C@H]5[C@H](O)[C@@H](O)[C@@H](O[C@H]6[C@H](O)[C@@H](OS(=O)(=O)c7c(C)cc(C)cc7C)[C@@H](O[C@H]7[C@H](O)[C@@H](O)[C@@H](O[C@H]8[C@H](O)[C@@H](O)[C@@H](O[C@H]9[C@H](O)[C@@H](O)[C@@H](O[C@@H]([C@@H]2O)[C@@H](CO)O3)O[C@@H]9CO)O[C@@H]8CO)O[C@@H]7CO)O[C@@H]6CO)O[C@@H]5CO)O[C@@H]4CO)c(C)c1. The van der Waals surface area contributed by atoms with E-state index in [2.05, 4.69) is 0 Å². The third kappa shape index (κ3) is 16.1. The van der Waals surface area contributed by atoms with E-state index in [-0.39, 0.29) is 22.3 Å². The van der Waals surface area contributed by atoms with E-state index in [1.54, 1.807) is 13.8 Å². The maximum atomic E-state index is 14.5. The van der Waals surface area contributed by atoms with Crippen molar-refractivity contribution in [2.75, 3.05) is 46.2 Å². The molecule has 17 rings (SSSR count). The van der Waals surface area contributed by atoms with Gasteiger partial charge >= 0.3 is 0 Å². The van der Waals surface area contributed by atoms with Crippen molar-refractivity contribution in [2.45, 2.75) is 266 Å². The third-order valence-corrected chi connectivity index (χ3v) is 22.2. The van der Waals surface area contributed by atoms with Gasteiger partial charge in [-0.1, -0.05) is 35.4 Å². The molecule has 101 heavy (non-hydrogen) atoms. The minimum absolute atomic E-state index is 0.134. The lowest BCUT2D eigenvalue weighted by molar-refractivity contribution is -0.395. The van der Waals surface area contributed by atoms with Gasteiger partial charge in [0, 0.05) is 0 Å². The highest BCUT2D eigenvalue weighted by molar-refractivity contribution is 7.87. The van der Waals surface area contributed by atoms with Crippen LogP contribution in [0.5, 0.6) is 0 Å². The quantitative estimate of drug-likeness (QED) is 0.0828. The molecule has 2 aromatic rings. The maximum Gasteiger partial charge on any atom is 0.298 e. The number of aliphatic hydroxyl groups excluding tert-OH is 19. The third-order valence-electron chi connectivity index (χ3n) is 18.9. The van der Waals surface area contributed by atoms with Crippen LogP contribution >= 0.6 is 0 Å². The Kier molecular flexibility index (Phi) is 26.1. The largest absolute Gasteiger partial charge is 0.394 e. The van der Waals surface area contributed by atoms with Gasteiger partial charge in [0.1, 0.15) is 159 Å². The van der Waals surface area contributed by atoms with Gasteiger partial charge in [0.15, 0.2) is 56.2 Å². The van der Waals surface area contributed by atoms with Gasteiger partial charge in [-0.15, -0.1) is 0 Å². The van der Waals surface area contributed by atoms with Crippen LogP contribution in [0.4, 0.5) is 0 Å². The first-order valence-corrected chi connectivity index (χ1v) is 35.1. The highest BCUT2D eigenvalue weighted by Crippen LogP contribution is 2.42. The Morgan fingerprint density at radius 1 is 0.267 bits per heavy atom. The van der Waals surface area contributed by atoms with Crippen molar-refractivity contribution in [1.82, 2.24) is 0 Å². The zero-order valence-electron chi connectivity index (χ0n) is 54.9. The average molecular weight is 1500 g/mol. The number of hydrogen-bond donors (Lipinski definition) is 19. The van der Waals surface area contributed by atoms with Gasteiger partial charge in [-0.2, -0.15) is 16.8 Å². The molecule has 2 aromatic carbocycles. The molecule has 0 spiro atoms. The van der Waals surface area contributed by atoms with Crippen LogP contribution in [0.2, 0.25) is 0 Å². The van der Waals surface area contributed by atoms with Crippen LogP contribution in [-0.4, -0.2) is 375 Å². The highest BCUT2D eigenvalue weighted by atomic mass is 32.2. The van der Waals surface area contributed by atoms with Crippen molar-refractivity contribution < 1.29 is 189 Å². The monoisotopic (exact) mass is 1500 g/mol. The van der Waals surface area contributed by atoms with Gasteiger partial charge in [0.2, 0.25) is 0 Å². The highest BCUT2D eigenvalue weighted by Gasteiger charge is 2.61. The van der Waals surface area contributed by atoms with Crippen LogP contribution < -0.4 is 0 Å². The van der Waals surface area contributed by atoms with E-state index in [0.717, 1.165) is 0 Å². The smallest absolute Gasteiger partial charge is 0.298 e. The van der Waals surface area contributed by atoms with Gasteiger partial charge < -0.3 is 163 Å². The van der Waals surface area contributed by atoms with Crippen LogP contribution in [0.1, 0.15) is 33.4 Å². The minimum Gasteiger partial charge on any atom is -0.394 e. The molecule has 41 heteroatoms. The summed E-state index contributed by atoms with van der Waals surface area (Å²) in [7, 11) is -10.2. The molecule has 0 amide bonds. The van der Waals surface area contributed by atoms with Crippen LogP contribution in [0.3, 0.4) is 0 Å². The molecule has 576 valence electrons. The Labute approximate surface area is 577 Å². The Morgan fingerprint density at radius 2 is 0.436 bits per heavy atom. The topological polar surface area (TPSA) is 600 Å². The number of hydrogen-bond acceptors (Lipinski definition) is 39. The van der Waals surface area contributed by atoms with Gasteiger partial charge in [0.25, 0.3) is 20.2 Å². The summed E-state index contributed by atoms with van der Waals surface area (Å²) in [5, 5.41) is 217. The van der Waals surface area contributed by atoms with Crippen LogP contribution in [0, 0.1) is 41.5 Å². The molecule has 0 aliphatic carbocycles. The second kappa shape index (κ2) is 32.8. The molecule has 14 bridgehead atoms. The van der Waals surface area contributed by atoms with Crippen molar-refractivity contribution in [1.29, 1.82) is 0 Å². The minimum atomic E-state index is -5.12. The zero-order valence-corrected chi connectivity index (χ0v) is 56.6. The number of aliphatic hydroxyl groups is 19. The summed E-state index contributed by atoms with van der Waals surface area (Å²) in [4.78, 5) is -0.857. The second-order valence-electron chi connectivity index (χ2n) is 26.2. The second-order valence-corrected chi connectivity index (χ2v) is 29.2. The molecule has 0 aromatic heterocycles. The predicted octanol–water partition coefficient (Wildman–Crippen LogP) is -10.6. The number of aryl methyl sites for hydroxylation is 6. The first-order valence-electron chi connectivity index (χ1n) is 32.3. The standard InChI is InChI=1S/C60H90O39S2/c1-18-7-20(3)52(21(4)8-18)100(80,81)98-50-41(78)48-29(16-66)89-60(50)97-47-28(15-65)88-56(40(77)35(47)72)93-45-26(13-63)86-58(38(75)33(45)70)95-49-30(17-67)90-59(51(42(49)79)99-101(82,83)53-22(5)9-19(2)10-23(53)6)96-46-27(14-64)87-55(39(76)34(46)71)92-43-24(11-61)84-54(36(73)31(43)68)91-44-25(12-62)85-57(94-48)37(74)32(44)69/h7-10,24-51,54-79H,11-17H2,1-6H3/t24-,25-,26-,27-,28-,29-,30-,31-,32-,33-,34-,35-,36-,37-,38-,39-,40-,41+,42+,43-,44-,45-,46-,47-,48-,49-,50-,51-,54-,55-,56-,57-,58-,59-,60-/m1/s1. The molecule has 15 heterocycles. The number of ether oxygens (including phenoxy) is 14. The molecule has 15 aliphatic heterocycles. The summed E-state index contributed by atoms with van der Waals surface area (Å²) in [5.74, 6) is 0. The van der Waals surface area contributed by atoms with Gasteiger partial charge in [0.05, 0.1) is 56.0 Å². The molecule has 35 atom stereocenters. The van der Waals surface area contributed by atoms with E-state index in [1.165, 1.54) is 52.0 Å². The maximum absolute atomic E-state index is 14.5. The lowest BCUT2D eigenvalue weighted by Gasteiger charge is -2.50. The summed E-state index contributed by atoms with van der Waals surface area (Å²) in [6, 6.07) is 5.93. The van der Waals surface area contributed by atoms with Crippen LogP contribution in [0.25, 0.3) is 0 Å². The Balaban J connectivity index is 1.02. The Bertz CT molecular complexity index is 3180. The lowest BCUT2D eigenvalue weighted by Crippen LogP contribution is -2.68. The summed E-state index contributed by atoms with van der Waals surface area (Å²) < 4.78 is 152. The number of fused-ring (bicyclic) bond motifs is 7. The first kappa shape index (κ1) is 80.5. The molecule has 15 aliphatic rings. The van der Waals surface area contributed by atoms with E-state index in [0.29, 0.717) is 11.1 Å². The number of rotatable bonds is 13. The van der Waals surface area contributed by atoms with Crippen molar-refractivity contribution in [2.24, 2.45) is 0 Å². The number of benzene rings is 2. The predicted molar refractivity (Wildman–Crippen MR) is 322 cm³/mol. The van der Waals surface area contributed by atoms with E-state index in [4.69, 9.17) is 74.7 Å². The molecular weight excluding hydrogens is 1410 g/mol. The van der Waals surface area contributed by atoms with E-state index in [1.807, 2.05) is 0 Å². The van der Waals surface area contributed by atoms with Gasteiger partial charge in [-0.3, -0.25) is 8.37 Å². The first-order chi connectivity index (χ1) is 47.7. The van der Waals surface area contributed by atoms with Crippen molar-refractivity contribution >= 4 is 20.2 Å². The van der Waals surface area contributed by atoms with E-state index in [9.17, 15) is 114 Å². The fourth-order valence-corrected chi connectivity index (χ4v) is 17.1. The van der Waals surface area contributed by atoms with E-state index >= 15 is 0 Å². The molecule has 0 radical (unpaired) electrons. The summed E-state index contributed by atoms with van der Waals surface area (Å²) in [6.07, 6.45) is -76.7. The Morgan fingerprint density at radius 3 is 0.624 bits per heavy atom. The normalized spacial score (nSPS) is 45.3. The molecule has 15 saturated heterocycles. The lowest BCUT2D eigenvalue weighted by atomic mass is 9.95. The molecular formula is C60H90O39S2. The van der Waals surface area contributed by atoms with Crippen molar-refractivity contribution in [3.63, 3.8) is 0 Å². The Hall–Kier alpha value is -3.06. The fourth-order valence-electron chi connectivity index (χ4n) is 14.1. The summed E-state index contributed by atoms with van der Waals surface area (Å²) in [5.41, 5.74) is 1.77. The fraction of sp³-hybridized carbons (Fsp3) is 0.800. The zero-order chi connectivity index (χ0) is 73.9. The van der Waals surface area contributed by atoms with Gasteiger partial charge in [-0.25, -0.2) is 0 Å². The molecule has 39 nitrogen and oxygen atoms in total. The summed E-state index contributed by atoms with van der Waals surface area (Å²) >= 11 is 0. The van der Waals surface area contributed by atoms with Crippen molar-refractivity contribution in [3.05, 3.63) is 57.6 Å². The van der Waals surface area contributed by atoms with Crippen LogP contribution in [0.15, 0.2) is 34.1 Å². The van der Waals surface area contributed by atoms with Crippen molar-refractivity contribution in [3.8, 4) is 0 Å². The van der Waals surface area contributed by atoms with Gasteiger partial charge in [-0.05, 0) is 63.8 Å². The van der Waals surface area contributed by atoms with Crippen LogP contribution in [-0.2, 0) is 94.9 Å². The summed E-state index contributed by atoms with van der Waals surface area (Å²) in [6.45, 7) is 0.831. The molecule has 19 N–H and O–H groups in total. The van der Waals surface area contributed by atoms with E-state index < -0.39 is 291 Å². The molecule has 0 unspecified atom stereocenters. The molecule has 15 fully saturated rings. The average Bonchev–Trinajstić information content (AvgIpc) is 0.770. The molecule has 0 saturated carbocycles.